The predicted molar refractivity (Wildman–Crippen MR) is 87.5 cm³/mol. The van der Waals surface area contributed by atoms with Crippen LogP contribution in [0.4, 0.5) is 0 Å². The minimum atomic E-state index is 0.191. The number of carbonyl (C=O) groups excluding carboxylic acids is 1. The molecule has 0 aliphatic rings. The fourth-order valence-corrected chi connectivity index (χ4v) is 2.73. The minimum Gasteiger partial charge on any atom is -0.295 e. The van der Waals surface area contributed by atoms with Crippen LogP contribution in [-0.4, -0.2) is 5.78 Å². The summed E-state index contributed by atoms with van der Waals surface area (Å²) in [6.07, 6.45) is 8.46. The monoisotopic (exact) mass is 274 g/mol. The Morgan fingerprint density at radius 3 is 2.45 bits per heavy atom. The van der Waals surface area contributed by atoms with Crippen LogP contribution >= 0.6 is 0 Å². The average Bonchev–Trinajstić information content (AvgIpc) is 2.43. The molecule has 0 fully saturated rings. The van der Waals surface area contributed by atoms with Crippen LogP contribution in [0, 0.1) is 5.92 Å². The van der Waals surface area contributed by atoms with E-state index in [1.165, 1.54) is 36.8 Å². The Kier molecular flexibility index (Phi) is 7.58. The van der Waals surface area contributed by atoms with Crippen LogP contribution in [0.25, 0.3) is 0 Å². The molecule has 1 aromatic carbocycles. The lowest BCUT2D eigenvalue weighted by atomic mass is 9.93. The molecule has 1 heteroatoms. The van der Waals surface area contributed by atoms with Gasteiger partial charge in [-0.25, -0.2) is 0 Å². The molecule has 0 radical (unpaired) electrons. The van der Waals surface area contributed by atoms with E-state index < -0.39 is 0 Å². The quantitative estimate of drug-likeness (QED) is 0.536. The summed E-state index contributed by atoms with van der Waals surface area (Å²) in [5.41, 5.74) is 3.54. The third-order valence-corrected chi connectivity index (χ3v) is 4.04. The highest BCUT2D eigenvalue weighted by atomic mass is 16.1. The van der Waals surface area contributed by atoms with Gasteiger partial charge < -0.3 is 0 Å². The lowest BCUT2D eigenvalue weighted by Crippen LogP contribution is -2.02. The van der Waals surface area contributed by atoms with Crippen molar-refractivity contribution in [3.05, 3.63) is 34.9 Å². The van der Waals surface area contributed by atoms with Gasteiger partial charge in [-0.05, 0) is 43.2 Å². The largest absolute Gasteiger partial charge is 0.295 e. The number of ketones is 1. The number of hydrogen-bond acceptors (Lipinski definition) is 1. The van der Waals surface area contributed by atoms with Gasteiger partial charge in [-0.3, -0.25) is 4.79 Å². The molecule has 1 aromatic rings. The first-order valence-electron chi connectivity index (χ1n) is 8.21. The molecule has 0 saturated heterocycles. The molecular weight excluding hydrogens is 244 g/mol. The number of carbonyl (C=O) groups is 1. The molecule has 1 nitrogen and oxygen atoms in total. The number of hydrogen-bond donors (Lipinski definition) is 0. The summed E-state index contributed by atoms with van der Waals surface area (Å²) in [4.78, 5) is 11.6. The summed E-state index contributed by atoms with van der Waals surface area (Å²) >= 11 is 0. The SMILES string of the molecule is CCCCC(C)CCc1ccc(C(C)=O)c(CCC)c1. The minimum absolute atomic E-state index is 0.191. The fraction of sp³-hybridized carbons (Fsp3) is 0.632. The molecule has 0 heterocycles. The zero-order valence-corrected chi connectivity index (χ0v) is 13.7. The Balaban J connectivity index is 2.67. The lowest BCUT2D eigenvalue weighted by Gasteiger charge is -2.12. The van der Waals surface area contributed by atoms with Crippen molar-refractivity contribution in [2.75, 3.05) is 0 Å². The van der Waals surface area contributed by atoms with Gasteiger partial charge in [0.05, 0.1) is 0 Å². The Labute approximate surface area is 124 Å². The molecule has 0 bridgehead atoms. The molecule has 0 aliphatic carbocycles. The second-order valence-electron chi connectivity index (χ2n) is 6.08. The fourth-order valence-electron chi connectivity index (χ4n) is 2.73. The first-order valence-corrected chi connectivity index (χ1v) is 8.21. The normalized spacial score (nSPS) is 12.4. The molecule has 0 amide bonds. The third-order valence-electron chi connectivity index (χ3n) is 4.04. The molecule has 0 saturated carbocycles. The van der Waals surface area contributed by atoms with E-state index in [9.17, 15) is 4.79 Å². The Morgan fingerprint density at radius 2 is 1.85 bits per heavy atom. The molecule has 0 aliphatic heterocycles. The maximum atomic E-state index is 11.6. The van der Waals surface area contributed by atoms with Gasteiger partial charge in [-0.15, -0.1) is 0 Å². The number of aryl methyl sites for hydroxylation is 2. The van der Waals surface area contributed by atoms with E-state index >= 15 is 0 Å². The van der Waals surface area contributed by atoms with Crippen LogP contribution in [0.5, 0.6) is 0 Å². The van der Waals surface area contributed by atoms with E-state index in [0.717, 1.165) is 30.7 Å². The topological polar surface area (TPSA) is 17.1 Å². The van der Waals surface area contributed by atoms with Gasteiger partial charge >= 0.3 is 0 Å². The van der Waals surface area contributed by atoms with E-state index in [-0.39, 0.29) is 5.78 Å². The van der Waals surface area contributed by atoms with E-state index in [1.54, 1.807) is 6.92 Å². The molecule has 1 rings (SSSR count). The van der Waals surface area contributed by atoms with Crippen LogP contribution in [0.1, 0.15) is 81.3 Å². The van der Waals surface area contributed by atoms with Gasteiger partial charge in [0.2, 0.25) is 0 Å². The molecule has 1 unspecified atom stereocenters. The van der Waals surface area contributed by atoms with E-state index in [1.807, 2.05) is 6.07 Å². The van der Waals surface area contributed by atoms with Crippen molar-refractivity contribution in [1.82, 2.24) is 0 Å². The maximum Gasteiger partial charge on any atom is 0.160 e. The predicted octanol–water partition coefficient (Wildman–Crippen LogP) is 5.60. The van der Waals surface area contributed by atoms with Crippen LogP contribution in [0.15, 0.2) is 18.2 Å². The van der Waals surface area contributed by atoms with Crippen molar-refractivity contribution in [1.29, 1.82) is 0 Å². The molecule has 20 heavy (non-hydrogen) atoms. The van der Waals surface area contributed by atoms with Gasteiger partial charge in [0.25, 0.3) is 0 Å². The van der Waals surface area contributed by atoms with Gasteiger partial charge in [0, 0.05) is 5.56 Å². The standard InChI is InChI=1S/C19H30O/c1-5-7-9-15(3)10-11-17-12-13-19(16(4)20)18(14-17)8-6-2/h12-15H,5-11H2,1-4H3. The lowest BCUT2D eigenvalue weighted by molar-refractivity contribution is 0.101. The zero-order chi connectivity index (χ0) is 15.0. The summed E-state index contributed by atoms with van der Waals surface area (Å²) in [6.45, 7) is 8.45. The molecule has 112 valence electrons. The first kappa shape index (κ1) is 16.9. The number of benzene rings is 1. The van der Waals surface area contributed by atoms with Gasteiger partial charge in [0.15, 0.2) is 5.78 Å². The van der Waals surface area contributed by atoms with Crippen molar-refractivity contribution in [3.63, 3.8) is 0 Å². The zero-order valence-electron chi connectivity index (χ0n) is 13.7. The van der Waals surface area contributed by atoms with Crippen LogP contribution < -0.4 is 0 Å². The second kappa shape index (κ2) is 8.94. The Morgan fingerprint density at radius 1 is 1.10 bits per heavy atom. The number of Topliss-reactive ketones (excluding diaryl/α,β-unsaturated/α-hetero) is 1. The number of unbranched alkanes of at least 4 members (excludes halogenated alkanes) is 1. The number of rotatable bonds is 9. The van der Waals surface area contributed by atoms with Gasteiger partial charge in [-0.2, -0.15) is 0 Å². The first-order chi connectivity index (χ1) is 9.58. The van der Waals surface area contributed by atoms with Gasteiger partial charge in [-0.1, -0.05) is 64.7 Å². The summed E-state index contributed by atoms with van der Waals surface area (Å²) in [6, 6.07) is 6.43. The maximum absolute atomic E-state index is 11.6. The third kappa shape index (κ3) is 5.48. The van der Waals surface area contributed by atoms with E-state index in [2.05, 4.69) is 32.9 Å². The molecule has 1 atom stereocenters. The van der Waals surface area contributed by atoms with Gasteiger partial charge in [0.1, 0.15) is 0 Å². The second-order valence-corrected chi connectivity index (χ2v) is 6.08. The van der Waals surface area contributed by atoms with Crippen molar-refractivity contribution in [2.45, 2.75) is 72.6 Å². The van der Waals surface area contributed by atoms with E-state index in [4.69, 9.17) is 0 Å². The summed E-state index contributed by atoms with van der Waals surface area (Å²) < 4.78 is 0. The summed E-state index contributed by atoms with van der Waals surface area (Å²) in [5, 5.41) is 0. The average molecular weight is 274 g/mol. The molecule has 0 aromatic heterocycles. The summed E-state index contributed by atoms with van der Waals surface area (Å²) in [5.74, 6) is 0.994. The Bertz CT molecular complexity index is 420. The van der Waals surface area contributed by atoms with E-state index in [0.29, 0.717) is 0 Å². The van der Waals surface area contributed by atoms with Crippen molar-refractivity contribution < 1.29 is 4.79 Å². The molecular formula is C19H30O. The van der Waals surface area contributed by atoms with Crippen molar-refractivity contribution in [2.24, 2.45) is 5.92 Å². The van der Waals surface area contributed by atoms with Crippen molar-refractivity contribution >= 4 is 5.78 Å². The highest BCUT2D eigenvalue weighted by Crippen LogP contribution is 2.19. The molecule has 0 spiro atoms. The van der Waals surface area contributed by atoms with Crippen LogP contribution in [0.2, 0.25) is 0 Å². The molecule has 0 N–H and O–H groups in total. The Hall–Kier alpha value is -1.11. The highest BCUT2D eigenvalue weighted by molar-refractivity contribution is 5.95. The highest BCUT2D eigenvalue weighted by Gasteiger charge is 2.08. The van der Waals surface area contributed by atoms with Crippen LogP contribution in [-0.2, 0) is 12.8 Å². The van der Waals surface area contributed by atoms with Crippen LogP contribution in [0.3, 0.4) is 0 Å². The van der Waals surface area contributed by atoms with Crippen molar-refractivity contribution in [3.8, 4) is 0 Å². The summed E-state index contributed by atoms with van der Waals surface area (Å²) in [7, 11) is 0. The smallest absolute Gasteiger partial charge is 0.160 e.